The van der Waals surface area contributed by atoms with Gasteiger partial charge in [-0.25, -0.2) is 14.2 Å². The van der Waals surface area contributed by atoms with E-state index < -0.39 is 23.9 Å². The van der Waals surface area contributed by atoms with Gasteiger partial charge in [0.2, 0.25) is 5.78 Å². The van der Waals surface area contributed by atoms with Crippen molar-refractivity contribution in [3.8, 4) is 0 Å². The molecule has 7 nitrogen and oxygen atoms in total. The number of aromatic amines is 1. The monoisotopic (exact) mass is 444 g/mol. The maximum atomic E-state index is 13.8. The number of hydrogen-bond acceptors (Lipinski definition) is 6. The van der Waals surface area contributed by atoms with Gasteiger partial charge in [-0.2, -0.15) is 0 Å². The first-order chi connectivity index (χ1) is 16.0. The van der Waals surface area contributed by atoms with Crippen molar-refractivity contribution < 1.29 is 28.6 Å². The van der Waals surface area contributed by atoms with Gasteiger partial charge in [-0.1, -0.05) is 42.5 Å². The van der Waals surface area contributed by atoms with E-state index in [2.05, 4.69) is 9.97 Å². The number of nitrogens with one attached hydrogen (secondary N) is 1. The summed E-state index contributed by atoms with van der Waals surface area (Å²) in [5.74, 6) is -1.39. The highest BCUT2D eigenvalue weighted by molar-refractivity contribution is 6.33. The first-order valence-electron chi connectivity index (χ1n) is 10.1. The molecule has 1 atom stereocenters. The number of para-hydroxylation sites is 2. The number of aromatic nitrogens is 2. The molecule has 1 aliphatic heterocycles. The van der Waals surface area contributed by atoms with Crippen LogP contribution in [0.2, 0.25) is 0 Å². The second-order valence-corrected chi connectivity index (χ2v) is 7.46. The Morgan fingerprint density at radius 2 is 1.82 bits per heavy atom. The Hall–Kier alpha value is -4.46. The fourth-order valence-electron chi connectivity index (χ4n) is 3.70. The van der Waals surface area contributed by atoms with E-state index in [1.54, 1.807) is 42.5 Å². The van der Waals surface area contributed by atoms with E-state index in [1.807, 2.05) is 6.07 Å². The number of imidazole rings is 1. The highest BCUT2D eigenvalue weighted by atomic mass is 19.1. The Morgan fingerprint density at radius 3 is 2.58 bits per heavy atom. The van der Waals surface area contributed by atoms with Crippen LogP contribution >= 0.6 is 0 Å². The van der Waals surface area contributed by atoms with Crippen LogP contribution in [0.1, 0.15) is 33.4 Å². The maximum absolute atomic E-state index is 13.8. The third kappa shape index (κ3) is 3.94. The van der Waals surface area contributed by atoms with Gasteiger partial charge in [0, 0.05) is 11.1 Å². The zero-order chi connectivity index (χ0) is 22.9. The van der Waals surface area contributed by atoms with Crippen molar-refractivity contribution in [1.82, 2.24) is 9.97 Å². The fourth-order valence-corrected chi connectivity index (χ4v) is 3.70. The summed E-state index contributed by atoms with van der Waals surface area (Å²) in [5.41, 5.74) is 2.12. The van der Waals surface area contributed by atoms with Gasteiger partial charge in [0.05, 0.1) is 11.0 Å². The molecule has 0 bridgehead atoms. The van der Waals surface area contributed by atoms with Crippen LogP contribution in [0.15, 0.2) is 72.8 Å². The van der Waals surface area contributed by atoms with Crippen molar-refractivity contribution >= 4 is 34.3 Å². The summed E-state index contributed by atoms with van der Waals surface area (Å²) in [6.45, 7) is 0.0470. The molecule has 8 heteroatoms. The number of ketones is 1. The standard InChI is InChI=1S/C25H17FN2O5/c26-17-8-4-7-16(12-17)23(30)21(24-27-18-9-1-2-10-19(18)28-24)22(29)15-6-3-5-14(11-15)20-13-32-25(31)33-20/h1-12,20,29H,13H2,(H,27,28)/b22-21-. The minimum absolute atomic E-state index is 0.0470. The predicted octanol–water partition coefficient (Wildman–Crippen LogP) is 5.22. The molecule has 1 fully saturated rings. The van der Waals surface area contributed by atoms with E-state index in [1.165, 1.54) is 18.2 Å². The number of allylic oxidation sites excluding steroid dienone is 1. The molecule has 0 aliphatic carbocycles. The van der Waals surface area contributed by atoms with Crippen molar-refractivity contribution in [2.45, 2.75) is 6.10 Å². The zero-order valence-corrected chi connectivity index (χ0v) is 17.1. The second kappa shape index (κ2) is 8.23. The highest BCUT2D eigenvalue weighted by Crippen LogP contribution is 2.31. The van der Waals surface area contributed by atoms with Gasteiger partial charge in [0.15, 0.2) is 6.10 Å². The lowest BCUT2D eigenvalue weighted by molar-refractivity contribution is 0.105. The van der Waals surface area contributed by atoms with Crippen LogP contribution in [0.3, 0.4) is 0 Å². The molecule has 1 unspecified atom stereocenters. The molecule has 1 aliphatic rings. The Bertz CT molecular complexity index is 1390. The number of cyclic esters (lactones) is 2. The number of aliphatic hydroxyl groups excluding tert-OH is 1. The van der Waals surface area contributed by atoms with E-state index >= 15 is 0 Å². The van der Waals surface area contributed by atoms with Crippen LogP contribution in [-0.4, -0.2) is 33.6 Å². The zero-order valence-electron chi connectivity index (χ0n) is 17.1. The van der Waals surface area contributed by atoms with E-state index in [4.69, 9.17) is 9.47 Å². The van der Waals surface area contributed by atoms with Gasteiger partial charge in [-0.3, -0.25) is 4.79 Å². The van der Waals surface area contributed by atoms with Crippen LogP contribution in [0, 0.1) is 5.82 Å². The minimum Gasteiger partial charge on any atom is -0.506 e. The SMILES string of the molecule is O=C1OCC(c2cccc(/C(O)=C(\C(=O)c3cccc(F)c3)c3nc4ccccc4[nH]3)c2)O1. The Kier molecular flexibility index (Phi) is 5.10. The van der Waals surface area contributed by atoms with Gasteiger partial charge in [0.25, 0.3) is 0 Å². The fraction of sp³-hybridized carbons (Fsp3) is 0.0800. The number of rotatable bonds is 5. The van der Waals surface area contributed by atoms with Crippen LogP contribution in [-0.2, 0) is 9.47 Å². The van der Waals surface area contributed by atoms with Crippen LogP contribution < -0.4 is 0 Å². The number of benzene rings is 3. The van der Waals surface area contributed by atoms with E-state index in [-0.39, 0.29) is 29.3 Å². The minimum atomic E-state index is -0.769. The van der Waals surface area contributed by atoms with E-state index in [0.29, 0.717) is 22.2 Å². The summed E-state index contributed by atoms with van der Waals surface area (Å²) in [6, 6.07) is 19.0. The third-order valence-electron chi connectivity index (χ3n) is 5.30. The number of H-pyrrole nitrogens is 1. The average Bonchev–Trinajstić information content (AvgIpc) is 3.45. The van der Waals surface area contributed by atoms with E-state index in [0.717, 1.165) is 6.07 Å². The number of hydrogen-bond donors (Lipinski definition) is 2. The molecule has 2 heterocycles. The molecule has 5 rings (SSSR count). The number of Topliss-reactive ketones (excluding diaryl/α,β-unsaturated/α-hetero) is 1. The Balaban J connectivity index is 1.66. The Morgan fingerprint density at radius 1 is 1.03 bits per heavy atom. The van der Waals surface area contributed by atoms with Crippen LogP contribution in [0.4, 0.5) is 9.18 Å². The largest absolute Gasteiger partial charge is 0.509 e. The summed E-state index contributed by atoms with van der Waals surface area (Å²) in [7, 11) is 0. The van der Waals surface area contributed by atoms with Gasteiger partial charge in [-0.15, -0.1) is 0 Å². The smallest absolute Gasteiger partial charge is 0.506 e. The van der Waals surface area contributed by atoms with Crippen molar-refractivity contribution in [2.24, 2.45) is 0 Å². The van der Waals surface area contributed by atoms with Crippen LogP contribution in [0.25, 0.3) is 22.4 Å². The van der Waals surface area contributed by atoms with Gasteiger partial charge in [0.1, 0.15) is 29.6 Å². The molecular weight excluding hydrogens is 427 g/mol. The predicted molar refractivity (Wildman–Crippen MR) is 118 cm³/mol. The molecule has 0 amide bonds. The lowest BCUT2D eigenvalue weighted by Crippen LogP contribution is -2.08. The molecular formula is C25H17FN2O5. The molecule has 0 saturated carbocycles. The number of nitrogens with zero attached hydrogens (tertiary/aromatic N) is 1. The van der Waals surface area contributed by atoms with E-state index in [9.17, 15) is 19.1 Å². The Labute approximate surface area is 187 Å². The molecule has 0 spiro atoms. The highest BCUT2D eigenvalue weighted by Gasteiger charge is 2.28. The lowest BCUT2D eigenvalue weighted by Gasteiger charge is -2.12. The summed E-state index contributed by atoms with van der Waals surface area (Å²) in [5, 5.41) is 11.2. The summed E-state index contributed by atoms with van der Waals surface area (Å²) in [6.07, 6.45) is -1.40. The number of aliphatic hydroxyl groups is 1. The average molecular weight is 444 g/mol. The second-order valence-electron chi connectivity index (χ2n) is 7.46. The molecule has 3 aromatic carbocycles. The molecule has 2 N–H and O–H groups in total. The number of carbonyl (C=O) groups excluding carboxylic acids is 2. The van der Waals surface area contributed by atoms with Crippen molar-refractivity contribution in [1.29, 1.82) is 0 Å². The normalized spacial score (nSPS) is 16.3. The molecule has 33 heavy (non-hydrogen) atoms. The first-order valence-corrected chi connectivity index (χ1v) is 10.1. The topological polar surface area (TPSA) is 102 Å². The number of halogens is 1. The summed E-state index contributed by atoms with van der Waals surface area (Å²) < 4.78 is 23.8. The van der Waals surface area contributed by atoms with Crippen molar-refractivity contribution in [2.75, 3.05) is 6.61 Å². The number of carbonyl (C=O) groups is 2. The quantitative estimate of drug-likeness (QED) is 0.189. The summed E-state index contributed by atoms with van der Waals surface area (Å²) >= 11 is 0. The number of fused-ring (bicyclic) bond motifs is 1. The van der Waals surface area contributed by atoms with Gasteiger partial charge in [-0.05, 0) is 35.9 Å². The number of ether oxygens (including phenoxy) is 2. The molecule has 164 valence electrons. The van der Waals surface area contributed by atoms with Gasteiger partial charge < -0.3 is 19.6 Å². The third-order valence-corrected chi connectivity index (χ3v) is 5.30. The van der Waals surface area contributed by atoms with Gasteiger partial charge >= 0.3 is 6.16 Å². The summed E-state index contributed by atoms with van der Waals surface area (Å²) in [4.78, 5) is 32.3. The molecule has 1 aromatic heterocycles. The molecule has 4 aromatic rings. The lowest BCUT2D eigenvalue weighted by atomic mass is 9.97. The van der Waals surface area contributed by atoms with Crippen molar-refractivity contribution in [3.63, 3.8) is 0 Å². The molecule has 0 radical (unpaired) electrons. The molecule has 1 saturated heterocycles. The van der Waals surface area contributed by atoms with Crippen LogP contribution in [0.5, 0.6) is 0 Å². The first kappa shape index (κ1) is 20.4. The maximum Gasteiger partial charge on any atom is 0.509 e. The van der Waals surface area contributed by atoms with Crippen molar-refractivity contribution in [3.05, 3.63) is 101 Å².